The first kappa shape index (κ1) is 17.3. The summed E-state index contributed by atoms with van der Waals surface area (Å²) < 4.78 is 6.76. The van der Waals surface area contributed by atoms with Crippen LogP contribution in [0.5, 0.6) is 0 Å². The van der Waals surface area contributed by atoms with Gasteiger partial charge in [0.1, 0.15) is 0 Å². The third-order valence-electron chi connectivity index (χ3n) is 5.72. The Kier molecular flexibility index (Phi) is 7.01. The smallest absolute Gasteiger partial charge is 0.0810 e. The first-order valence-corrected chi connectivity index (χ1v) is 9.56. The van der Waals surface area contributed by atoms with Crippen molar-refractivity contribution in [2.24, 2.45) is 11.8 Å². The Labute approximate surface area is 132 Å². The number of rotatable bonds is 7. The van der Waals surface area contributed by atoms with Gasteiger partial charge >= 0.3 is 0 Å². The van der Waals surface area contributed by atoms with Gasteiger partial charge in [0, 0.05) is 6.54 Å². The normalized spacial score (nSPS) is 37.6. The van der Waals surface area contributed by atoms with Crippen LogP contribution >= 0.6 is 0 Å². The Balaban J connectivity index is 1.90. The highest BCUT2D eigenvalue weighted by molar-refractivity contribution is 4.91. The molecule has 0 spiro atoms. The average Bonchev–Trinajstić information content (AvgIpc) is 2.48. The molecule has 0 heterocycles. The molecule has 0 aromatic carbocycles. The Morgan fingerprint density at radius 1 is 1.10 bits per heavy atom. The van der Waals surface area contributed by atoms with Crippen LogP contribution < -0.4 is 5.32 Å². The second-order valence-electron chi connectivity index (χ2n) is 7.71. The zero-order chi connectivity index (χ0) is 15.1. The number of hydrogen-bond acceptors (Lipinski definition) is 2. The van der Waals surface area contributed by atoms with E-state index < -0.39 is 0 Å². The van der Waals surface area contributed by atoms with E-state index in [0.717, 1.165) is 24.9 Å². The van der Waals surface area contributed by atoms with Gasteiger partial charge in [-0.2, -0.15) is 0 Å². The summed E-state index contributed by atoms with van der Waals surface area (Å²) in [7, 11) is 0. The van der Waals surface area contributed by atoms with Crippen molar-refractivity contribution in [1.82, 2.24) is 5.32 Å². The van der Waals surface area contributed by atoms with Crippen molar-refractivity contribution in [3.63, 3.8) is 0 Å². The number of ether oxygens (including phenoxy) is 1. The standard InChI is InChI=1S/C19H37NO/c1-4-7-17-10-12-19(13-11-17,15-20-5-2)21-18-9-6-8-16(3)14-18/h16-18,20H,4-15H2,1-3H3. The summed E-state index contributed by atoms with van der Waals surface area (Å²) >= 11 is 0. The molecule has 2 aliphatic carbocycles. The molecule has 2 atom stereocenters. The van der Waals surface area contributed by atoms with Crippen molar-refractivity contribution in [1.29, 1.82) is 0 Å². The van der Waals surface area contributed by atoms with Crippen LogP contribution in [0.1, 0.15) is 85.0 Å². The van der Waals surface area contributed by atoms with Crippen molar-refractivity contribution < 1.29 is 4.74 Å². The fraction of sp³-hybridized carbons (Fsp3) is 1.00. The van der Waals surface area contributed by atoms with E-state index in [2.05, 4.69) is 26.1 Å². The lowest BCUT2D eigenvalue weighted by molar-refractivity contribution is -0.131. The Bertz CT molecular complexity index is 283. The molecule has 2 unspecified atom stereocenters. The quantitative estimate of drug-likeness (QED) is 0.720. The topological polar surface area (TPSA) is 21.3 Å². The highest BCUT2D eigenvalue weighted by Crippen LogP contribution is 2.39. The monoisotopic (exact) mass is 295 g/mol. The minimum absolute atomic E-state index is 0.141. The van der Waals surface area contributed by atoms with Crippen LogP contribution in [0.3, 0.4) is 0 Å². The van der Waals surface area contributed by atoms with Crippen molar-refractivity contribution in [2.75, 3.05) is 13.1 Å². The van der Waals surface area contributed by atoms with E-state index in [1.165, 1.54) is 64.2 Å². The molecule has 2 rings (SSSR count). The average molecular weight is 296 g/mol. The maximum atomic E-state index is 6.76. The molecule has 2 fully saturated rings. The van der Waals surface area contributed by atoms with Gasteiger partial charge in [0.2, 0.25) is 0 Å². The molecule has 0 saturated heterocycles. The molecule has 0 aromatic rings. The minimum atomic E-state index is 0.141. The van der Waals surface area contributed by atoms with Crippen LogP contribution in [0.25, 0.3) is 0 Å². The number of nitrogens with one attached hydrogen (secondary N) is 1. The Hall–Kier alpha value is -0.0800. The first-order valence-electron chi connectivity index (χ1n) is 9.56. The van der Waals surface area contributed by atoms with Crippen molar-refractivity contribution in [3.05, 3.63) is 0 Å². The summed E-state index contributed by atoms with van der Waals surface area (Å²) in [5, 5.41) is 3.58. The molecule has 2 heteroatoms. The SMILES string of the molecule is CCCC1CCC(CNCC)(OC2CCCC(C)C2)CC1. The van der Waals surface area contributed by atoms with Gasteiger partial charge in [-0.25, -0.2) is 0 Å². The second kappa shape index (κ2) is 8.53. The zero-order valence-electron chi connectivity index (χ0n) is 14.6. The van der Waals surface area contributed by atoms with Gasteiger partial charge in [0.15, 0.2) is 0 Å². The predicted molar refractivity (Wildman–Crippen MR) is 90.6 cm³/mol. The summed E-state index contributed by atoms with van der Waals surface area (Å²) in [6, 6.07) is 0. The Morgan fingerprint density at radius 3 is 2.48 bits per heavy atom. The molecule has 1 N–H and O–H groups in total. The van der Waals surface area contributed by atoms with E-state index in [0.29, 0.717) is 6.10 Å². The van der Waals surface area contributed by atoms with E-state index in [1.807, 2.05) is 0 Å². The molecule has 2 aliphatic rings. The molecule has 21 heavy (non-hydrogen) atoms. The van der Waals surface area contributed by atoms with Gasteiger partial charge in [-0.3, -0.25) is 0 Å². The van der Waals surface area contributed by atoms with Crippen LogP contribution in [0.4, 0.5) is 0 Å². The lowest BCUT2D eigenvalue weighted by Crippen LogP contribution is -2.48. The molecule has 2 saturated carbocycles. The largest absolute Gasteiger partial charge is 0.370 e. The summed E-state index contributed by atoms with van der Waals surface area (Å²) in [4.78, 5) is 0. The third-order valence-corrected chi connectivity index (χ3v) is 5.72. The van der Waals surface area contributed by atoms with Crippen LogP contribution in [0.2, 0.25) is 0 Å². The van der Waals surface area contributed by atoms with E-state index in [9.17, 15) is 0 Å². The summed E-state index contributed by atoms with van der Waals surface area (Å²) in [6.45, 7) is 9.04. The van der Waals surface area contributed by atoms with Crippen molar-refractivity contribution in [2.45, 2.75) is 96.7 Å². The van der Waals surface area contributed by atoms with Gasteiger partial charge in [-0.15, -0.1) is 0 Å². The van der Waals surface area contributed by atoms with Gasteiger partial charge in [-0.05, 0) is 56.9 Å². The van der Waals surface area contributed by atoms with E-state index >= 15 is 0 Å². The summed E-state index contributed by atoms with van der Waals surface area (Å²) in [5.41, 5.74) is 0.141. The Morgan fingerprint density at radius 2 is 1.86 bits per heavy atom. The molecule has 0 bridgehead atoms. The third kappa shape index (κ3) is 5.25. The highest BCUT2D eigenvalue weighted by atomic mass is 16.5. The maximum absolute atomic E-state index is 6.76. The lowest BCUT2D eigenvalue weighted by Gasteiger charge is -2.44. The number of hydrogen-bond donors (Lipinski definition) is 1. The van der Waals surface area contributed by atoms with E-state index in [-0.39, 0.29) is 5.60 Å². The van der Waals surface area contributed by atoms with E-state index in [4.69, 9.17) is 4.74 Å². The summed E-state index contributed by atoms with van der Waals surface area (Å²) in [6.07, 6.45) is 13.9. The predicted octanol–water partition coefficient (Wildman–Crippen LogP) is 4.92. The van der Waals surface area contributed by atoms with Crippen molar-refractivity contribution >= 4 is 0 Å². The highest BCUT2D eigenvalue weighted by Gasteiger charge is 2.38. The molecular formula is C19H37NO. The maximum Gasteiger partial charge on any atom is 0.0810 e. The van der Waals surface area contributed by atoms with Crippen LogP contribution in [-0.4, -0.2) is 24.8 Å². The molecule has 124 valence electrons. The second-order valence-corrected chi connectivity index (χ2v) is 7.71. The van der Waals surface area contributed by atoms with Crippen LogP contribution in [0.15, 0.2) is 0 Å². The minimum Gasteiger partial charge on any atom is -0.370 e. The van der Waals surface area contributed by atoms with Gasteiger partial charge in [0.25, 0.3) is 0 Å². The van der Waals surface area contributed by atoms with Crippen LogP contribution in [0, 0.1) is 11.8 Å². The van der Waals surface area contributed by atoms with Gasteiger partial charge < -0.3 is 10.1 Å². The first-order chi connectivity index (χ1) is 10.2. The van der Waals surface area contributed by atoms with Gasteiger partial charge in [0.05, 0.1) is 11.7 Å². The lowest BCUT2D eigenvalue weighted by atomic mass is 9.76. The molecule has 0 aliphatic heterocycles. The molecular weight excluding hydrogens is 258 g/mol. The summed E-state index contributed by atoms with van der Waals surface area (Å²) in [5.74, 6) is 1.81. The van der Waals surface area contributed by atoms with Crippen molar-refractivity contribution in [3.8, 4) is 0 Å². The number of likely N-dealkylation sites (N-methyl/N-ethyl adjacent to an activating group) is 1. The van der Waals surface area contributed by atoms with Crippen LogP contribution in [-0.2, 0) is 4.74 Å². The molecule has 2 nitrogen and oxygen atoms in total. The molecule has 0 radical (unpaired) electrons. The fourth-order valence-corrected chi connectivity index (χ4v) is 4.43. The fourth-order valence-electron chi connectivity index (χ4n) is 4.43. The van der Waals surface area contributed by atoms with E-state index in [1.54, 1.807) is 0 Å². The molecule has 0 aromatic heterocycles. The molecule has 0 amide bonds. The zero-order valence-corrected chi connectivity index (χ0v) is 14.6. The van der Waals surface area contributed by atoms with Gasteiger partial charge in [-0.1, -0.05) is 46.5 Å².